The molecule has 0 heterocycles. The Bertz CT molecular complexity index is 1040. The molecule has 2 N–H and O–H groups in total. The normalized spacial score (nSPS) is 12.7. The summed E-state index contributed by atoms with van der Waals surface area (Å²) in [5.74, 6) is -1.69. The van der Waals surface area contributed by atoms with Gasteiger partial charge in [-0.05, 0) is 55.8 Å². The fourth-order valence-electron chi connectivity index (χ4n) is 2.48. The molecule has 0 spiro atoms. The Morgan fingerprint density at radius 2 is 1.71 bits per heavy atom. The Balaban J connectivity index is 2.00. The minimum atomic E-state index is -4.50. The number of nitrogens with one attached hydrogen (secondary N) is 2. The number of ether oxygens (including phenoxy) is 1. The summed E-state index contributed by atoms with van der Waals surface area (Å²) in [6.45, 7) is 3.01. The van der Waals surface area contributed by atoms with Gasteiger partial charge in [0, 0.05) is 11.4 Å². The first-order valence-electron chi connectivity index (χ1n) is 9.21. The van der Waals surface area contributed by atoms with E-state index in [1.165, 1.54) is 31.2 Å². The number of hydrogen-bond donors (Lipinski definition) is 2. The number of carbonyl (C=O) groups excluding carboxylic acids is 2. The molecule has 11 heteroatoms. The van der Waals surface area contributed by atoms with E-state index in [-0.39, 0.29) is 22.7 Å². The zero-order chi connectivity index (χ0) is 23.2. The van der Waals surface area contributed by atoms with Gasteiger partial charge in [-0.1, -0.05) is 13.0 Å². The molecule has 7 nitrogen and oxygen atoms in total. The summed E-state index contributed by atoms with van der Waals surface area (Å²) in [4.78, 5) is 24.5. The highest BCUT2D eigenvalue weighted by Crippen LogP contribution is 2.29. The van der Waals surface area contributed by atoms with Crippen LogP contribution in [0.5, 0.6) is 0 Å². The second-order valence-electron chi connectivity index (χ2n) is 6.61. The van der Waals surface area contributed by atoms with Crippen molar-refractivity contribution in [3.63, 3.8) is 0 Å². The molecule has 0 saturated carbocycles. The van der Waals surface area contributed by atoms with Gasteiger partial charge in [-0.25, -0.2) is 13.2 Å². The maximum absolute atomic E-state index is 12.6. The Labute approximate surface area is 177 Å². The SMILES string of the molecule is CCCS(=O)(=O)Nc1cccc(C(=O)OC(C)C(=O)Nc2ccc(C(F)(F)F)cc2)c1. The number of sulfonamides is 1. The summed E-state index contributed by atoms with van der Waals surface area (Å²) in [7, 11) is -3.55. The number of rotatable bonds is 8. The second kappa shape index (κ2) is 9.82. The molecule has 0 aliphatic rings. The van der Waals surface area contributed by atoms with Crippen LogP contribution in [-0.2, 0) is 25.7 Å². The third-order valence-electron chi connectivity index (χ3n) is 3.98. The number of amides is 1. The summed E-state index contributed by atoms with van der Waals surface area (Å²) >= 11 is 0. The van der Waals surface area contributed by atoms with Crippen LogP contribution in [0.25, 0.3) is 0 Å². The third kappa shape index (κ3) is 7.28. The van der Waals surface area contributed by atoms with Crippen LogP contribution in [0.1, 0.15) is 36.2 Å². The first kappa shape index (κ1) is 24.2. The van der Waals surface area contributed by atoms with Crippen molar-refractivity contribution in [1.82, 2.24) is 0 Å². The summed E-state index contributed by atoms with van der Waals surface area (Å²) in [5, 5.41) is 2.36. The van der Waals surface area contributed by atoms with Gasteiger partial charge in [-0.15, -0.1) is 0 Å². The van der Waals surface area contributed by atoms with Crippen molar-refractivity contribution < 1.29 is 35.9 Å². The highest BCUT2D eigenvalue weighted by molar-refractivity contribution is 7.92. The van der Waals surface area contributed by atoms with Crippen LogP contribution < -0.4 is 10.0 Å². The Morgan fingerprint density at radius 1 is 1.06 bits per heavy atom. The minimum Gasteiger partial charge on any atom is -0.449 e. The Kier molecular flexibility index (Phi) is 7.66. The minimum absolute atomic E-state index is 0.0193. The van der Waals surface area contributed by atoms with Crippen LogP contribution in [0.4, 0.5) is 24.5 Å². The van der Waals surface area contributed by atoms with Crippen molar-refractivity contribution in [3.05, 3.63) is 59.7 Å². The lowest BCUT2D eigenvalue weighted by atomic mass is 10.2. The molecule has 2 rings (SSSR count). The maximum atomic E-state index is 12.6. The number of hydrogen-bond acceptors (Lipinski definition) is 5. The number of benzene rings is 2. The Morgan fingerprint density at radius 3 is 2.29 bits per heavy atom. The molecule has 0 bridgehead atoms. The van der Waals surface area contributed by atoms with Gasteiger partial charge in [0.15, 0.2) is 6.10 Å². The van der Waals surface area contributed by atoms with Crippen LogP contribution in [0.15, 0.2) is 48.5 Å². The Hall–Kier alpha value is -3.08. The van der Waals surface area contributed by atoms with Crippen LogP contribution in [0.2, 0.25) is 0 Å². The van der Waals surface area contributed by atoms with E-state index in [1.807, 2.05) is 0 Å². The average Bonchev–Trinajstić information content (AvgIpc) is 2.67. The van der Waals surface area contributed by atoms with Gasteiger partial charge in [0.2, 0.25) is 10.0 Å². The van der Waals surface area contributed by atoms with E-state index in [9.17, 15) is 31.2 Å². The average molecular weight is 458 g/mol. The molecule has 1 unspecified atom stereocenters. The van der Waals surface area contributed by atoms with Crippen LogP contribution in [0, 0.1) is 0 Å². The molecule has 0 saturated heterocycles. The van der Waals surface area contributed by atoms with E-state index in [0.717, 1.165) is 24.3 Å². The van der Waals surface area contributed by atoms with Crippen molar-refractivity contribution >= 4 is 33.3 Å². The highest BCUT2D eigenvalue weighted by Gasteiger charge is 2.30. The fourth-order valence-corrected chi connectivity index (χ4v) is 3.60. The summed E-state index contributed by atoms with van der Waals surface area (Å²) in [5.41, 5.74) is -0.566. The van der Waals surface area contributed by atoms with Crippen LogP contribution in [-0.4, -0.2) is 32.2 Å². The molecule has 1 atom stereocenters. The van der Waals surface area contributed by atoms with E-state index in [2.05, 4.69) is 10.0 Å². The largest absolute Gasteiger partial charge is 0.449 e. The van der Waals surface area contributed by atoms with Gasteiger partial charge in [-0.2, -0.15) is 13.2 Å². The van der Waals surface area contributed by atoms with Gasteiger partial charge < -0.3 is 10.1 Å². The molecule has 1 amide bonds. The van der Waals surface area contributed by atoms with Crippen molar-refractivity contribution in [2.24, 2.45) is 0 Å². The standard InChI is InChI=1S/C20H21F3N2O5S/c1-3-11-31(28,29)25-17-6-4-5-14(12-17)19(27)30-13(2)18(26)24-16-9-7-15(8-10-16)20(21,22)23/h4-10,12-13,25H,3,11H2,1-2H3,(H,24,26). The molecule has 0 aliphatic carbocycles. The third-order valence-corrected chi connectivity index (χ3v) is 5.47. The fraction of sp³-hybridized carbons (Fsp3) is 0.300. The first-order valence-corrected chi connectivity index (χ1v) is 10.9. The number of alkyl halides is 3. The molecular weight excluding hydrogens is 437 g/mol. The van der Waals surface area contributed by atoms with Gasteiger partial charge in [0.1, 0.15) is 0 Å². The monoisotopic (exact) mass is 458 g/mol. The van der Waals surface area contributed by atoms with E-state index in [4.69, 9.17) is 4.74 Å². The molecule has 168 valence electrons. The van der Waals surface area contributed by atoms with Gasteiger partial charge in [0.25, 0.3) is 5.91 Å². The van der Waals surface area contributed by atoms with Gasteiger partial charge in [-0.3, -0.25) is 9.52 Å². The van der Waals surface area contributed by atoms with Crippen molar-refractivity contribution in [3.8, 4) is 0 Å². The number of carbonyl (C=O) groups is 2. The molecule has 0 aliphatic heterocycles. The summed E-state index contributed by atoms with van der Waals surface area (Å²) in [6, 6.07) is 9.38. The molecule has 2 aromatic rings. The molecule has 0 aromatic heterocycles. The zero-order valence-electron chi connectivity index (χ0n) is 16.7. The molecule has 31 heavy (non-hydrogen) atoms. The highest BCUT2D eigenvalue weighted by atomic mass is 32.2. The maximum Gasteiger partial charge on any atom is 0.416 e. The number of anilines is 2. The van der Waals surface area contributed by atoms with E-state index >= 15 is 0 Å². The predicted octanol–water partition coefficient (Wildman–Crippen LogP) is 4.04. The van der Waals surface area contributed by atoms with Crippen molar-refractivity contribution in [1.29, 1.82) is 0 Å². The first-order chi connectivity index (χ1) is 14.4. The van der Waals surface area contributed by atoms with E-state index in [1.54, 1.807) is 6.92 Å². The summed E-state index contributed by atoms with van der Waals surface area (Å²) < 4.78 is 68.9. The smallest absolute Gasteiger partial charge is 0.416 e. The number of halogens is 3. The van der Waals surface area contributed by atoms with Gasteiger partial charge in [0.05, 0.1) is 16.9 Å². The topological polar surface area (TPSA) is 102 Å². The molecular formula is C20H21F3N2O5S. The lowest BCUT2D eigenvalue weighted by Crippen LogP contribution is -2.30. The van der Waals surface area contributed by atoms with Crippen LogP contribution >= 0.6 is 0 Å². The molecule has 2 aromatic carbocycles. The van der Waals surface area contributed by atoms with Crippen molar-refractivity contribution in [2.45, 2.75) is 32.5 Å². The lowest BCUT2D eigenvalue weighted by Gasteiger charge is -2.15. The summed E-state index contributed by atoms with van der Waals surface area (Å²) in [6.07, 6.45) is -5.33. The van der Waals surface area contributed by atoms with Crippen LogP contribution in [0.3, 0.4) is 0 Å². The quantitative estimate of drug-likeness (QED) is 0.582. The van der Waals surface area contributed by atoms with Crippen molar-refractivity contribution in [2.75, 3.05) is 15.8 Å². The zero-order valence-corrected chi connectivity index (χ0v) is 17.5. The molecule has 0 radical (unpaired) electrons. The lowest BCUT2D eigenvalue weighted by molar-refractivity contribution is -0.137. The van der Waals surface area contributed by atoms with E-state index < -0.39 is 39.7 Å². The van der Waals surface area contributed by atoms with Gasteiger partial charge >= 0.3 is 12.1 Å². The van der Waals surface area contributed by atoms with E-state index in [0.29, 0.717) is 6.42 Å². The predicted molar refractivity (Wildman–Crippen MR) is 109 cm³/mol. The second-order valence-corrected chi connectivity index (χ2v) is 8.46. The number of esters is 1. The molecule has 0 fully saturated rings.